The summed E-state index contributed by atoms with van der Waals surface area (Å²) in [6.45, 7) is 4.10. The van der Waals surface area contributed by atoms with Crippen molar-refractivity contribution in [2.75, 3.05) is 26.7 Å². The van der Waals surface area contributed by atoms with Crippen LogP contribution in [0.25, 0.3) is 0 Å². The van der Waals surface area contributed by atoms with Gasteiger partial charge in [-0.15, -0.1) is 0 Å². The molecule has 1 saturated heterocycles. The van der Waals surface area contributed by atoms with Crippen molar-refractivity contribution in [3.05, 3.63) is 22.7 Å². The molecule has 0 unspecified atom stereocenters. The van der Waals surface area contributed by atoms with Crippen LogP contribution in [-0.2, 0) is 10.0 Å². The van der Waals surface area contributed by atoms with Gasteiger partial charge in [-0.3, -0.25) is 0 Å². The second kappa shape index (κ2) is 7.09. The minimum atomic E-state index is -3.48. The lowest BCUT2D eigenvalue weighted by atomic mass is 10.1. The van der Waals surface area contributed by atoms with Gasteiger partial charge in [-0.1, -0.05) is 6.92 Å². The van der Waals surface area contributed by atoms with Crippen LogP contribution in [0, 0.1) is 0 Å². The van der Waals surface area contributed by atoms with Crippen LogP contribution in [0.4, 0.5) is 0 Å². The van der Waals surface area contributed by atoms with E-state index in [1.165, 1.54) is 0 Å². The highest BCUT2D eigenvalue weighted by atomic mass is 79.9. The molecule has 0 spiro atoms. The fraction of sp³-hybridized carbons (Fsp3) is 0.571. The molecule has 0 aromatic heterocycles. The first-order chi connectivity index (χ1) is 10.0. The Bertz CT molecular complexity index is 586. The molecule has 5 nitrogen and oxygen atoms in total. The van der Waals surface area contributed by atoms with Crippen LogP contribution in [0.5, 0.6) is 5.75 Å². The van der Waals surface area contributed by atoms with Crippen LogP contribution < -0.4 is 10.1 Å². The second-order valence-electron chi connectivity index (χ2n) is 4.99. The lowest BCUT2D eigenvalue weighted by molar-refractivity contribution is 0.270. The van der Waals surface area contributed by atoms with Gasteiger partial charge in [0.05, 0.1) is 16.5 Å². The van der Waals surface area contributed by atoms with Gasteiger partial charge in [0, 0.05) is 12.6 Å². The highest BCUT2D eigenvalue weighted by Crippen LogP contribution is 2.30. The third-order valence-corrected chi connectivity index (χ3v) is 6.40. The molecule has 1 fully saturated rings. The summed E-state index contributed by atoms with van der Waals surface area (Å²) < 4.78 is 33.1. The standard InChI is InChI=1S/C14H21BrN2O3S/c1-3-17(11-6-8-16-9-7-11)21(18,19)12-4-5-14(20-2)13(15)10-12/h4-5,10-11,16H,3,6-9H2,1-2H3. The summed E-state index contributed by atoms with van der Waals surface area (Å²) in [7, 11) is -1.92. The van der Waals surface area contributed by atoms with Gasteiger partial charge in [0.1, 0.15) is 5.75 Å². The second-order valence-corrected chi connectivity index (χ2v) is 7.73. The first-order valence-electron chi connectivity index (χ1n) is 7.06. The van der Waals surface area contributed by atoms with Crippen molar-refractivity contribution in [3.63, 3.8) is 0 Å². The van der Waals surface area contributed by atoms with Crippen molar-refractivity contribution in [1.29, 1.82) is 0 Å². The number of halogens is 1. The summed E-state index contributed by atoms with van der Waals surface area (Å²) in [4.78, 5) is 0.301. The van der Waals surface area contributed by atoms with Crippen LogP contribution in [0.3, 0.4) is 0 Å². The monoisotopic (exact) mass is 376 g/mol. The van der Waals surface area contributed by atoms with Crippen LogP contribution in [0.1, 0.15) is 19.8 Å². The third kappa shape index (κ3) is 3.59. The average Bonchev–Trinajstić information content (AvgIpc) is 2.48. The topological polar surface area (TPSA) is 58.6 Å². The molecule has 1 aliphatic heterocycles. The van der Waals surface area contributed by atoms with Crippen molar-refractivity contribution in [1.82, 2.24) is 9.62 Å². The number of rotatable bonds is 5. The summed E-state index contributed by atoms with van der Waals surface area (Å²) in [5.41, 5.74) is 0. The quantitative estimate of drug-likeness (QED) is 0.855. The summed E-state index contributed by atoms with van der Waals surface area (Å²) in [6, 6.07) is 4.95. The molecule has 1 aromatic carbocycles. The zero-order chi connectivity index (χ0) is 15.5. The molecule has 0 amide bonds. The average molecular weight is 377 g/mol. The lowest BCUT2D eigenvalue weighted by Gasteiger charge is -2.33. The Morgan fingerprint density at radius 3 is 2.57 bits per heavy atom. The van der Waals surface area contributed by atoms with Crippen molar-refractivity contribution < 1.29 is 13.2 Å². The normalized spacial score (nSPS) is 17.1. The number of nitrogens with one attached hydrogen (secondary N) is 1. The molecule has 1 aromatic rings. The molecular weight excluding hydrogens is 356 g/mol. The molecule has 1 N–H and O–H groups in total. The van der Waals surface area contributed by atoms with E-state index in [1.807, 2.05) is 6.92 Å². The summed E-state index contributed by atoms with van der Waals surface area (Å²) in [5, 5.41) is 3.26. The van der Waals surface area contributed by atoms with Gasteiger partial charge in [-0.05, 0) is 60.1 Å². The summed E-state index contributed by atoms with van der Waals surface area (Å²) >= 11 is 3.35. The van der Waals surface area contributed by atoms with E-state index in [0.717, 1.165) is 25.9 Å². The van der Waals surface area contributed by atoms with E-state index in [-0.39, 0.29) is 6.04 Å². The summed E-state index contributed by atoms with van der Waals surface area (Å²) in [5.74, 6) is 0.624. The van der Waals surface area contributed by atoms with Crippen molar-refractivity contribution in [3.8, 4) is 5.75 Å². The summed E-state index contributed by atoms with van der Waals surface area (Å²) in [6.07, 6.45) is 1.70. The predicted octanol–water partition coefficient (Wildman–Crippen LogP) is 2.22. The number of hydrogen-bond donors (Lipinski definition) is 1. The van der Waals surface area contributed by atoms with E-state index in [2.05, 4.69) is 21.2 Å². The van der Waals surface area contributed by atoms with E-state index < -0.39 is 10.0 Å². The molecule has 0 bridgehead atoms. The van der Waals surface area contributed by atoms with Gasteiger partial charge in [0.25, 0.3) is 0 Å². The van der Waals surface area contributed by atoms with E-state index in [4.69, 9.17) is 4.74 Å². The number of nitrogens with zero attached hydrogens (tertiary/aromatic N) is 1. The van der Waals surface area contributed by atoms with Crippen LogP contribution in [0.15, 0.2) is 27.6 Å². The van der Waals surface area contributed by atoms with Gasteiger partial charge in [-0.2, -0.15) is 4.31 Å². The number of piperidine rings is 1. The maximum Gasteiger partial charge on any atom is 0.243 e. The molecule has 1 heterocycles. The van der Waals surface area contributed by atoms with Gasteiger partial charge in [0.15, 0.2) is 0 Å². The molecule has 1 aliphatic rings. The number of methoxy groups -OCH3 is 1. The van der Waals surface area contributed by atoms with Gasteiger partial charge >= 0.3 is 0 Å². The number of ether oxygens (including phenoxy) is 1. The van der Waals surface area contributed by atoms with Crippen LogP contribution in [-0.4, -0.2) is 45.5 Å². The largest absolute Gasteiger partial charge is 0.496 e. The lowest BCUT2D eigenvalue weighted by Crippen LogP contribution is -2.45. The Balaban J connectivity index is 2.32. The van der Waals surface area contributed by atoms with E-state index in [0.29, 0.717) is 21.7 Å². The fourth-order valence-electron chi connectivity index (χ4n) is 2.66. The van der Waals surface area contributed by atoms with Gasteiger partial charge in [-0.25, -0.2) is 8.42 Å². The maximum absolute atomic E-state index is 12.9. The Hall–Kier alpha value is -0.630. The van der Waals surface area contributed by atoms with Gasteiger partial charge in [0.2, 0.25) is 10.0 Å². The number of benzene rings is 1. The first kappa shape index (κ1) is 16.7. The fourth-order valence-corrected chi connectivity index (χ4v) is 5.08. The van der Waals surface area contributed by atoms with Crippen LogP contribution in [0.2, 0.25) is 0 Å². The zero-order valence-corrected chi connectivity index (χ0v) is 14.7. The minimum absolute atomic E-state index is 0.0714. The van der Waals surface area contributed by atoms with E-state index >= 15 is 0 Å². The molecule has 7 heteroatoms. The SMILES string of the molecule is CCN(C1CCNCC1)S(=O)(=O)c1ccc(OC)c(Br)c1. The first-order valence-corrected chi connectivity index (χ1v) is 9.30. The number of sulfonamides is 1. The highest BCUT2D eigenvalue weighted by Gasteiger charge is 2.31. The van der Waals surface area contributed by atoms with Crippen molar-refractivity contribution in [2.24, 2.45) is 0 Å². The van der Waals surface area contributed by atoms with E-state index in [1.54, 1.807) is 29.6 Å². The van der Waals surface area contributed by atoms with Crippen molar-refractivity contribution in [2.45, 2.75) is 30.7 Å². The highest BCUT2D eigenvalue weighted by molar-refractivity contribution is 9.10. The predicted molar refractivity (Wildman–Crippen MR) is 86.2 cm³/mol. The Morgan fingerprint density at radius 1 is 1.38 bits per heavy atom. The molecule has 0 saturated carbocycles. The molecule has 21 heavy (non-hydrogen) atoms. The smallest absolute Gasteiger partial charge is 0.243 e. The van der Waals surface area contributed by atoms with E-state index in [9.17, 15) is 8.42 Å². The molecule has 2 rings (SSSR count). The Labute approximate surface area is 134 Å². The Morgan fingerprint density at radius 2 is 2.05 bits per heavy atom. The zero-order valence-electron chi connectivity index (χ0n) is 12.3. The molecule has 0 aliphatic carbocycles. The van der Waals surface area contributed by atoms with Crippen molar-refractivity contribution >= 4 is 26.0 Å². The molecular formula is C14H21BrN2O3S. The minimum Gasteiger partial charge on any atom is -0.496 e. The van der Waals surface area contributed by atoms with Gasteiger partial charge < -0.3 is 10.1 Å². The third-order valence-electron chi connectivity index (χ3n) is 3.76. The molecule has 118 valence electrons. The Kier molecular flexibility index (Phi) is 5.65. The van der Waals surface area contributed by atoms with Crippen LogP contribution >= 0.6 is 15.9 Å². The maximum atomic E-state index is 12.9. The molecule has 0 atom stereocenters. The number of hydrogen-bond acceptors (Lipinski definition) is 4. The molecule has 0 radical (unpaired) electrons.